The second kappa shape index (κ2) is 9.95. The maximum Gasteiger partial charge on any atom is 0.288 e. The minimum Gasteiger partial charge on any atom is -0.494 e. The highest BCUT2D eigenvalue weighted by Gasteiger charge is 2.05. The topological polar surface area (TPSA) is 45.6 Å². The molecule has 0 fully saturated rings. The molecule has 2 N–H and O–H groups in total. The van der Waals surface area contributed by atoms with Gasteiger partial charge in [-0.05, 0) is 73.2 Å². The molecule has 4 nitrogen and oxygen atoms in total. The second-order valence-electron chi connectivity index (χ2n) is 4.73. The predicted octanol–water partition coefficient (Wildman–Crippen LogP) is 4.72. The van der Waals surface area contributed by atoms with Crippen LogP contribution in [0, 0.1) is 0 Å². The standard InChI is InChI=1S/C17H17F2N3OS2/c1-2-23-14-7-3-12(4-8-14)11-20-22-17(24)21-13-5-9-15(10-6-13)25-16(18)19/h3-11,16H,2H2,1H3,(H2,21,22,24)/b20-11-. The Morgan fingerprint density at radius 2 is 1.88 bits per heavy atom. The highest BCUT2D eigenvalue weighted by atomic mass is 32.2. The first-order valence-electron chi connectivity index (χ1n) is 7.44. The third kappa shape index (κ3) is 7.06. The molecule has 2 aromatic carbocycles. The minimum absolute atomic E-state index is 0.302. The number of rotatable bonds is 7. The van der Waals surface area contributed by atoms with E-state index in [1.54, 1.807) is 30.5 Å². The van der Waals surface area contributed by atoms with Crippen molar-refractivity contribution in [2.24, 2.45) is 5.10 Å². The lowest BCUT2D eigenvalue weighted by atomic mass is 10.2. The van der Waals surface area contributed by atoms with Crippen molar-refractivity contribution in [2.75, 3.05) is 11.9 Å². The molecule has 2 rings (SSSR count). The van der Waals surface area contributed by atoms with Crippen molar-refractivity contribution >= 4 is 41.0 Å². The second-order valence-corrected chi connectivity index (χ2v) is 6.20. The van der Waals surface area contributed by atoms with Gasteiger partial charge in [0.2, 0.25) is 0 Å². The quantitative estimate of drug-likeness (QED) is 0.314. The number of alkyl halides is 2. The van der Waals surface area contributed by atoms with E-state index in [1.165, 1.54) is 0 Å². The fourth-order valence-corrected chi connectivity index (χ4v) is 2.53. The molecule has 0 saturated heterocycles. The van der Waals surface area contributed by atoms with E-state index in [-0.39, 0.29) is 0 Å². The van der Waals surface area contributed by atoms with Crippen LogP contribution in [0.15, 0.2) is 58.5 Å². The van der Waals surface area contributed by atoms with Gasteiger partial charge in [0.15, 0.2) is 5.11 Å². The van der Waals surface area contributed by atoms with Crippen molar-refractivity contribution in [3.05, 3.63) is 54.1 Å². The molecule has 0 radical (unpaired) electrons. The molecule has 0 aromatic heterocycles. The highest BCUT2D eigenvalue weighted by molar-refractivity contribution is 7.99. The molecule has 25 heavy (non-hydrogen) atoms. The van der Waals surface area contributed by atoms with Crippen LogP contribution in [-0.2, 0) is 0 Å². The molecular formula is C17H17F2N3OS2. The van der Waals surface area contributed by atoms with Crippen LogP contribution in [0.25, 0.3) is 0 Å². The third-order valence-corrected chi connectivity index (χ3v) is 3.82. The third-order valence-electron chi connectivity index (χ3n) is 2.91. The molecule has 0 saturated carbocycles. The van der Waals surface area contributed by atoms with Crippen LogP contribution in [0.2, 0.25) is 0 Å². The molecule has 0 aliphatic rings. The molecule has 2 aromatic rings. The Morgan fingerprint density at radius 1 is 1.20 bits per heavy atom. The zero-order valence-electron chi connectivity index (χ0n) is 13.4. The van der Waals surface area contributed by atoms with Gasteiger partial charge in [0.1, 0.15) is 5.75 Å². The van der Waals surface area contributed by atoms with Crippen LogP contribution < -0.4 is 15.5 Å². The Labute approximate surface area is 154 Å². The largest absolute Gasteiger partial charge is 0.494 e. The van der Waals surface area contributed by atoms with Crippen LogP contribution in [0.3, 0.4) is 0 Å². The lowest BCUT2D eigenvalue weighted by molar-refractivity contribution is 0.252. The first-order chi connectivity index (χ1) is 12.1. The lowest BCUT2D eigenvalue weighted by Gasteiger charge is -2.08. The van der Waals surface area contributed by atoms with Gasteiger partial charge in [-0.3, -0.25) is 5.43 Å². The molecule has 132 valence electrons. The number of halogens is 2. The molecular weight excluding hydrogens is 364 g/mol. The van der Waals surface area contributed by atoms with Gasteiger partial charge in [-0.15, -0.1) is 0 Å². The number of benzene rings is 2. The fourth-order valence-electron chi connectivity index (χ4n) is 1.86. The number of ether oxygens (including phenoxy) is 1. The molecule has 0 bridgehead atoms. The number of anilines is 1. The van der Waals surface area contributed by atoms with E-state index in [0.717, 1.165) is 11.3 Å². The van der Waals surface area contributed by atoms with Gasteiger partial charge in [-0.1, -0.05) is 11.8 Å². The SMILES string of the molecule is CCOc1ccc(/C=N\NC(=S)Nc2ccc(SC(F)F)cc2)cc1. The van der Waals surface area contributed by atoms with Crippen LogP contribution in [0.1, 0.15) is 12.5 Å². The van der Waals surface area contributed by atoms with Gasteiger partial charge in [0.25, 0.3) is 5.76 Å². The average molecular weight is 381 g/mol. The molecule has 0 aliphatic heterocycles. The van der Waals surface area contributed by atoms with E-state index in [9.17, 15) is 8.78 Å². The predicted molar refractivity (Wildman–Crippen MR) is 103 cm³/mol. The van der Waals surface area contributed by atoms with Crippen LogP contribution in [0.4, 0.5) is 14.5 Å². The van der Waals surface area contributed by atoms with Crippen molar-refractivity contribution in [1.29, 1.82) is 0 Å². The van der Waals surface area contributed by atoms with E-state index >= 15 is 0 Å². The summed E-state index contributed by atoms with van der Waals surface area (Å²) in [6.45, 7) is 2.55. The summed E-state index contributed by atoms with van der Waals surface area (Å²) < 4.78 is 29.9. The van der Waals surface area contributed by atoms with Gasteiger partial charge in [-0.2, -0.15) is 13.9 Å². The smallest absolute Gasteiger partial charge is 0.288 e. The Balaban J connectivity index is 1.81. The summed E-state index contributed by atoms with van der Waals surface area (Å²) in [7, 11) is 0. The van der Waals surface area contributed by atoms with Crippen molar-refractivity contribution in [3.8, 4) is 5.75 Å². The number of hydrazone groups is 1. The average Bonchev–Trinajstić information content (AvgIpc) is 2.58. The minimum atomic E-state index is -2.43. The molecule has 0 unspecified atom stereocenters. The summed E-state index contributed by atoms with van der Waals surface area (Å²) in [5, 5.41) is 7.27. The van der Waals surface area contributed by atoms with Crippen molar-refractivity contribution in [1.82, 2.24) is 5.43 Å². The van der Waals surface area contributed by atoms with Gasteiger partial charge < -0.3 is 10.1 Å². The summed E-state index contributed by atoms with van der Waals surface area (Å²) in [6.07, 6.45) is 1.63. The molecule has 8 heteroatoms. The molecule has 0 aliphatic carbocycles. The highest BCUT2D eigenvalue weighted by Crippen LogP contribution is 2.26. The van der Waals surface area contributed by atoms with Crippen LogP contribution in [-0.4, -0.2) is 23.7 Å². The first kappa shape index (κ1) is 19.1. The van der Waals surface area contributed by atoms with Gasteiger partial charge in [0, 0.05) is 10.6 Å². The summed E-state index contributed by atoms with van der Waals surface area (Å²) in [5.41, 5.74) is 4.28. The first-order valence-corrected chi connectivity index (χ1v) is 8.73. The summed E-state index contributed by atoms with van der Waals surface area (Å²) in [6, 6.07) is 14.0. The number of hydrogen-bond acceptors (Lipinski definition) is 4. The van der Waals surface area contributed by atoms with E-state index < -0.39 is 5.76 Å². The van der Waals surface area contributed by atoms with E-state index in [2.05, 4.69) is 15.8 Å². The zero-order valence-corrected chi connectivity index (χ0v) is 15.0. The summed E-state index contributed by atoms with van der Waals surface area (Å²) in [4.78, 5) is 0.493. The van der Waals surface area contributed by atoms with Gasteiger partial charge in [0.05, 0.1) is 12.8 Å². The monoisotopic (exact) mass is 381 g/mol. The Hall–Kier alpha value is -2.19. The molecule has 0 atom stereocenters. The van der Waals surface area contributed by atoms with E-state index in [4.69, 9.17) is 17.0 Å². The molecule has 0 amide bonds. The molecule has 0 heterocycles. The van der Waals surface area contributed by atoms with Crippen molar-refractivity contribution < 1.29 is 13.5 Å². The summed E-state index contributed by atoms with van der Waals surface area (Å²) in [5.74, 6) is -1.63. The Bertz CT molecular complexity index is 707. The maximum absolute atomic E-state index is 12.3. The number of nitrogens with one attached hydrogen (secondary N) is 2. The van der Waals surface area contributed by atoms with E-state index in [0.29, 0.717) is 34.1 Å². The maximum atomic E-state index is 12.3. The van der Waals surface area contributed by atoms with Crippen molar-refractivity contribution in [2.45, 2.75) is 17.6 Å². The Morgan fingerprint density at radius 3 is 2.48 bits per heavy atom. The number of nitrogens with zero attached hydrogens (tertiary/aromatic N) is 1. The number of thiocarbonyl (C=S) groups is 1. The van der Waals surface area contributed by atoms with E-state index in [1.807, 2.05) is 31.2 Å². The Kier molecular flexibility index (Phi) is 7.62. The summed E-state index contributed by atoms with van der Waals surface area (Å²) >= 11 is 5.63. The van der Waals surface area contributed by atoms with Gasteiger partial charge >= 0.3 is 0 Å². The molecule has 0 spiro atoms. The lowest BCUT2D eigenvalue weighted by Crippen LogP contribution is -2.23. The number of thioether (sulfide) groups is 1. The fraction of sp³-hybridized carbons (Fsp3) is 0.176. The van der Waals surface area contributed by atoms with Crippen molar-refractivity contribution in [3.63, 3.8) is 0 Å². The zero-order chi connectivity index (χ0) is 18.1. The number of hydrogen-bond donors (Lipinski definition) is 2. The van der Waals surface area contributed by atoms with Crippen LogP contribution in [0.5, 0.6) is 5.75 Å². The van der Waals surface area contributed by atoms with Crippen LogP contribution >= 0.6 is 24.0 Å². The van der Waals surface area contributed by atoms with Gasteiger partial charge in [-0.25, -0.2) is 0 Å². The normalized spacial score (nSPS) is 10.9.